The van der Waals surface area contributed by atoms with Gasteiger partial charge in [-0.05, 0) is 36.5 Å². The van der Waals surface area contributed by atoms with Crippen LogP contribution in [0.2, 0.25) is 0 Å². The highest BCUT2D eigenvalue weighted by Gasteiger charge is 2.77. The summed E-state index contributed by atoms with van der Waals surface area (Å²) < 4.78 is 0. The van der Waals surface area contributed by atoms with Crippen molar-refractivity contribution in [2.24, 2.45) is 16.7 Å². The van der Waals surface area contributed by atoms with Gasteiger partial charge in [0.1, 0.15) is 0 Å². The van der Waals surface area contributed by atoms with E-state index in [1.54, 1.807) is 0 Å². The lowest BCUT2D eigenvalue weighted by molar-refractivity contribution is -0.140. The predicted molar refractivity (Wildman–Crippen MR) is 52.7 cm³/mol. The highest BCUT2D eigenvalue weighted by molar-refractivity contribution is 5.78. The molecule has 3 aliphatic carbocycles. The average molecular weight is 190 g/mol. The van der Waals surface area contributed by atoms with E-state index in [4.69, 9.17) is 0 Å². The molecular weight excluding hydrogens is 176 g/mol. The van der Waals surface area contributed by atoms with Crippen molar-refractivity contribution in [1.29, 1.82) is 0 Å². The molecule has 1 N–H and O–H groups in total. The Bertz CT molecular complexity index is 307. The van der Waals surface area contributed by atoms with Crippen molar-refractivity contribution in [3.05, 3.63) is 24.3 Å². The second kappa shape index (κ2) is 2.30. The molecule has 74 valence electrons. The van der Waals surface area contributed by atoms with Crippen LogP contribution in [0.3, 0.4) is 0 Å². The molecule has 2 heteroatoms. The minimum absolute atomic E-state index is 0.0856. The first-order valence-corrected chi connectivity index (χ1v) is 5.26. The topological polar surface area (TPSA) is 37.3 Å². The number of carboxylic acid groups (broad SMARTS) is 1. The lowest BCUT2D eigenvalue weighted by atomic mass is 9.76. The van der Waals surface area contributed by atoms with Crippen LogP contribution in [0.1, 0.15) is 25.7 Å². The third kappa shape index (κ3) is 0.679. The number of rotatable bonds is 1. The van der Waals surface area contributed by atoms with Crippen LogP contribution in [-0.4, -0.2) is 11.1 Å². The summed E-state index contributed by atoms with van der Waals surface area (Å²) in [5.74, 6) is -0.683. The lowest BCUT2D eigenvalue weighted by Crippen LogP contribution is -2.17. The Kier molecular flexibility index (Phi) is 1.36. The smallest absolute Gasteiger partial charge is 0.307 e. The third-order valence-corrected chi connectivity index (χ3v) is 4.52. The average Bonchev–Trinajstić information content (AvgIpc) is 2.81. The summed E-state index contributed by atoms with van der Waals surface area (Å²) in [6, 6.07) is 0. The Labute approximate surface area is 83.3 Å². The van der Waals surface area contributed by atoms with Gasteiger partial charge in [-0.2, -0.15) is 0 Å². The molecule has 0 amide bonds. The third-order valence-electron chi connectivity index (χ3n) is 4.52. The Balaban J connectivity index is 2.05. The van der Waals surface area contributed by atoms with Crippen LogP contribution in [0.5, 0.6) is 0 Å². The molecule has 0 atom stereocenters. The molecule has 3 rings (SSSR count). The Morgan fingerprint density at radius 2 is 1.36 bits per heavy atom. The first-order valence-electron chi connectivity index (χ1n) is 5.26. The number of carbonyl (C=O) groups is 1. The molecule has 0 unspecified atom stereocenters. The quantitative estimate of drug-likeness (QED) is 0.644. The largest absolute Gasteiger partial charge is 0.481 e. The molecule has 1 saturated carbocycles. The molecule has 3 aliphatic rings. The normalized spacial score (nSPS) is 48.1. The van der Waals surface area contributed by atoms with Gasteiger partial charge in [-0.25, -0.2) is 0 Å². The number of aliphatic carboxylic acids is 1. The molecular formula is C12H14O2. The summed E-state index contributed by atoms with van der Waals surface area (Å²) in [4.78, 5) is 11.2. The fraction of sp³-hybridized carbons (Fsp3) is 0.583. The molecule has 1 fully saturated rings. The maximum Gasteiger partial charge on any atom is 0.307 e. The van der Waals surface area contributed by atoms with Crippen molar-refractivity contribution in [2.45, 2.75) is 25.7 Å². The van der Waals surface area contributed by atoms with E-state index in [2.05, 4.69) is 24.3 Å². The van der Waals surface area contributed by atoms with Gasteiger partial charge in [0.05, 0.1) is 5.92 Å². The van der Waals surface area contributed by atoms with Gasteiger partial charge in [-0.3, -0.25) is 4.79 Å². The molecule has 0 spiro atoms. The van der Waals surface area contributed by atoms with Gasteiger partial charge in [-0.1, -0.05) is 24.3 Å². The molecule has 0 aromatic rings. The van der Waals surface area contributed by atoms with Gasteiger partial charge >= 0.3 is 5.97 Å². The molecule has 0 aromatic heterocycles. The standard InChI is InChI=1S/C12H14O2/c13-10(14)9-11-5-1-2-6-12(9,11)8-4-3-7-11/h1-4,9H,5-8H2,(H,13,14). The van der Waals surface area contributed by atoms with E-state index in [9.17, 15) is 9.90 Å². The van der Waals surface area contributed by atoms with E-state index in [0.29, 0.717) is 0 Å². The molecule has 2 nitrogen and oxygen atoms in total. The van der Waals surface area contributed by atoms with Gasteiger partial charge < -0.3 is 5.11 Å². The summed E-state index contributed by atoms with van der Waals surface area (Å²) >= 11 is 0. The van der Waals surface area contributed by atoms with E-state index in [1.165, 1.54) is 0 Å². The van der Waals surface area contributed by atoms with Gasteiger partial charge in [0.25, 0.3) is 0 Å². The fourth-order valence-electron chi connectivity index (χ4n) is 3.84. The summed E-state index contributed by atoms with van der Waals surface area (Å²) in [6.07, 6.45) is 12.5. The molecule has 0 aliphatic heterocycles. The lowest BCUT2D eigenvalue weighted by Gasteiger charge is -2.27. The summed E-state index contributed by atoms with van der Waals surface area (Å²) in [7, 11) is 0. The van der Waals surface area contributed by atoms with Crippen LogP contribution in [-0.2, 0) is 4.79 Å². The van der Waals surface area contributed by atoms with Crippen molar-refractivity contribution in [1.82, 2.24) is 0 Å². The molecule has 0 radical (unpaired) electrons. The maximum atomic E-state index is 11.2. The summed E-state index contributed by atoms with van der Waals surface area (Å²) in [6.45, 7) is 0. The van der Waals surface area contributed by atoms with Crippen LogP contribution in [0.15, 0.2) is 24.3 Å². The molecule has 0 bridgehead atoms. The first-order chi connectivity index (χ1) is 6.73. The second-order valence-corrected chi connectivity index (χ2v) is 4.84. The number of hydrogen-bond donors (Lipinski definition) is 1. The van der Waals surface area contributed by atoms with Crippen molar-refractivity contribution in [3.63, 3.8) is 0 Å². The Morgan fingerprint density at radius 3 is 1.64 bits per heavy atom. The van der Waals surface area contributed by atoms with Crippen molar-refractivity contribution in [2.75, 3.05) is 0 Å². The van der Waals surface area contributed by atoms with Gasteiger partial charge in [0.15, 0.2) is 0 Å². The van der Waals surface area contributed by atoms with E-state index < -0.39 is 5.97 Å². The van der Waals surface area contributed by atoms with E-state index in [0.717, 1.165) is 25.7 Å². The predicted octanol–water partition coefficient (Wildman–Crippen LogP) is 2.37. The van der Waals surface area contributed by atoms with Crippen molar-refractivity contribution in [3.8, 4) is 0 Å². The van der Waals surface area contributed by atoms with Gasteiger partial charge in [0.2, 0.25) is 0 Å². The summed E-state index contributed by atoms with van der Waals surface area (Å²) in [5, 5.41) is 9.25. The molecule has 14 heavy (non-hydrogen) atoms. The first kappa shape index (κ1) is 8.27. The molecule has 0 saturated heterocycles. The van der Waals surface area contributed by atoms with Crippen LogP contribution in [0.4, 0.5) is 0 Å². The fourth-order valence-corrected chi connectivity index (χ4v) is 3.84. The van der Waals surface area contributed by atoms with Crippen LogP contribution in [0.25, 0.3) is 0 Å². The van der Waals surface area contributed by atoms with E-state index in [1.807, 2.05) is 0 Å². The van der Waals surface area contributed by atoms with E-state index >= 15 is 0 Å². The van der Waals surface area contributed by atoms with E-state index in [-0.39, 0.29) is 16.7 Å². The zero-order valence-corrected chi connectivity index (χ0v) is 8.07. The minimum atomic E-state index is -0.586. The SMILES string of the molecule is O=C(O)C1C23CC=CCC12CC=CC3. The maximum absolute atomic E-state index is 11.2. The number of carboxylic acids is 1. The second-order valence-electron chi connectivity index (χ2n) is 4.84. The molecule has 0 aromatic carbocycles. The number of allylic oxidation sites excluding steroid dienone is 4. The van der Waals surface area contributed by atoms with Crippen molar-refractivity contribution >= 4 is 5.97 Å². The monoisotopic (exact) mass is 190 g/mol. The highest BCUT2D eigenvalue weighted by atomic mass is 16.4. The Hall–Kier alpha value is -1.05. The van der Waals surface area contributed by atoms with Crippen LogP contribution < -0.4 is 0 Å². The Morgan fingerprint density at radius 1 is 1.00 bits per heavy atom. The van der Waals surface area contributed by atoms with Crippen LogP contribution in [0, 0.1) is 16.7 Å². The van der Waals surface area contributed by atoms with Crippen molar-refractivity contribution < 1.29 is 9.90 Å². The minimum Gasteiger partial charge on any atom is -0.481 e. The highest BCUT2D eigenvalue weighted by Crippen LogP contribution is 2.79. The summed E-state index contributed by atoms with van der Waals surface area (Å²) in [5.41, 5.74) is 0.171. The zero-order valence-electron chi connectivity index (χ0n) is 8.07. The van der Waals surface area contributed by atoms with Crippen LogP contribution >= 0.6 is 0 Å². The van der Waals surface area contributed by atoms with Gasteiger partial charge in [0, 0.05) is 0 Å². The zero-order chi connectivity index (χ0) is 9.81. The number of hydrogen-bond acceptors (Lipinski definition) is 1. The van der Waals surface area contributed by atoms with Gasteiger partial charge in [-0.15, -0.1) is 0 Å². The molecule has 0 heterocycles.